The fourth-order valence-corrected chi connectivity index (χ4v) is 6.11. The van der Waals surface area contributed by atoms with Gasteiger partial charge in [-0.1, -0.05) is 25.9 Å². The predicted octanol–water partition coefficient (Wildman–Crippen LogP) is 4.93. The minimum absolute atomic E-state index is 0.0475. The molecule has 0 spiro atoms. The summed E-state index contributed by atoms with van der Waals surface area (Å²) in [6, 6.07) is 7.43. The van der Waals surface area contributed by atoms with Gasteiger partial charge in [0.05, 0.1) is 48.1 Å². The summed E-state index contributed by atoms with van der Waals surface area (Å²) in [5.74, 6) is -8.22. The Labute approximate surface area is 286 Å². The molecule has 0 radical (unpaired) electrons. The smallest absolute Gasteiger partial charge is 0.491 e. The van der Waals surface area contributed by atoms with Crippen LogP contribution < -0.4 is 9.47 Å². The van der Waals surface area contributed by atoms with Gasteiger partial charge in [0.25, 0.3) is 0 Å². The topological polar surface area (TPSA) is 121 Å². The van der Waals surface area contributed by atoms with E-state index in [1.165, 1.54) is 24.3 Å². The van der Waals surface area contributed by atoms with Crippen molar-refractivity contribution < 1.29 is 73.0 Å². The van der Waals surface area contributed by atoms with Gasteiger partial charge in [0.15, 0.2) is 6.29 Å². The van der Waals surface area contributed by atoms with Crippen LogP contribution in [-0.2, 0) is 35.4 Å². The van der Waals surface area contributed by atoms with Gasteiger partial charge in [0.2, 0.25) is 10.0 Å². The number of carbonyl (C=O) groups is 1. The SMILES string of the molecule is [2H]C([2H])([2H])C([2H])(C)Oc1ccc(C[C@H](CC(=O)O[C@]2([2H])[C@@H]3CCO[C@@H]3OC2([2H])[2H])[C@H](O)CN(C([2H])([2H])C([2H])(C)C([2H])([2H])[2H])S(=O)(=O)c2ccc(OC(F)(F)F)cc2)cc1. The van der Waals surface area contributed by atoms with Gasteiger partial charge < -0.3 is 28.8 Å². The highest BCUT2D eigenvalue weighted by Crippen LogP contribution is 2.34. The molecule has 2 aromatic rings. The number of aliphatic hydroxyl groups excluding tert-OH is 1. The number of ether oxygens (including phenoxy) is 5. The van der Waals surface area contributed by atoms with E-state index in [2.05, 4.69) is 4.74 Å². The molecule has 0 bridgehead atoms. The number of alkyl halides is 3. The van der Waals surface area contributed by atoms with E-state index < -0.39 is 121 Å². The summed E-state index contributed by atoms with van der Waals surface area (Å²) in [5, 5.41) is 11.8. The molecule has 0 aliphatic carbocycles. The molecule has 1 N–H and O–H groups in total. The van der Waals surface area contributed by atoms with Crippen LogP contribution in [0.15, 0.2) is 53.4 Å². The van der Waals surface area contributed by atoms with E-state index >= 15 is 0 Å². The summed E-state index contributed by atoms with van der Waals surface area (Å²) >= 11 is 0. The maximum absolute atomic E-state index is 14.2. The second-order valence-corrected chi connectivity index (χ2v) is 12.4. The molecule has 0 amide bonds. The van der Waals surface area contributed by atoms with Crippen molar-refractivity contribution in [3.8, 4) is 11.5 Å². The average molecular weight is 687 g/mol. The second-order valence-electron chi connectivity index (χ2n) is 10.5. The molecule has 0 saturated carbocycles. The summed E-state index contributed by atoms with van der Waals surface area (Å²) in [6.07, 6.45) is -15.0. The van der Waals surface area contributed by atoms with Crippen molar-refractivity contribution in [2.75, 3.05) is 26.2 Å². The third kappa shape index (κ3) is 10.0. The quantitative estimate of drug-likeness (QED) is 0.260. The number of rotatable bonds is 15. The normalized spacial score (nSPS) is 31.7. The second kappa shape index (κ2) is 15.3. The first-order valence-electron chi connectivity index (χ1n) is 20.4. The number of aliphatic hydroxyl groups is 1. The van der Waals surface area contributed by atoms with Crippen LogP contribution in [0.25, 0.3) is 0 Å². The van der Waals surface area contributed by atoms with E-state index in [1.54, 1.807) is 0 Å². The Morgan fingerprint density at radius 2 is 1.87 bits per heavy atom. The zero-order chi connectivity index (χ0) is 45.0. The van der Waals surface area contributed by atoms with Crippen molar-refractivity contribution in [3.63, 3.8) is 0 Å². The van der Waals surface area contributed by atoms with Gasteiger partial charge in [-0.3, -0.25) is 4.79 Å². The first-order chi connectivity index (χ1) is 26.6. The van der Waals surface area contributed by atoms with Crippen LogP contribution in [0.2, 0.25) is 0 Å². The van der Waals surface area contributed by atoms with Gasteiger partial charge in [0.1, 0.15) is 17.6 Å². The maximum atomic E-state index is 14.2. The van der Waals surface area contributed by atoms with Crippen molar-refractivity contribution in [2.45, 2.75) is 82.6 Å². The molecule has 10 nitrogen and oxygen atoms in total. The van der Waals surface area contributed by atoms with E-state index in [0.29, 0.717) is 31.2 Å². The number of hydrogen-bond donors (Lipinski definition) is 1. The zero-order valence-electron chi connectivity index (χ0n) is 37.7. The highest BCUT2D eigenvalue weighted by molar-refractivity contribution is 7.89. The Hall–Kier alpha value is -2.91. The van der Waals surface area contributed by atoms with Crippen LogP contribution in [0.4, 0.5) is 13.2 Å². The van der Waals surface area contributed by atoms with Gasteiger partial charge in [-0.2, -0.15) is 4.31 Å². The van der Waals surface area contributed by atoms with Crippen molar-refractivity contribution in [1.82, 2.24) is 4.31 Å². The standard InChI is InChI=1S/C32H42F3NO9S/c1-20(2)17-36(46(39,40)26-11-9-25(10-12-26)45-32(33,34)35)18-28(37)23(15-22-5-7-24(8-6-22)43-21(3)4)16-30(38)44-29-19-42-31-27(29)13-14-41-31/h5-12,20-21,23,27-29,31,37H,13-19H2,1-4H3/t23-,27+,28-,29+,31-/m1/s1/i1D3,3D3,17D2,19D2,20D,21D,29D/t20?,21?,23-,27+,28-,29+,31-. The van der Waals surface area contributed by atoms with E-state index in [-0.39, 0.29) is 28.6 Å². The van der Waals surface area contributed by atoms with Crippen LogP contribution in [0, 0.1) is 17.7 Å². The fourth-order valence-electron chi connectivity index (χ4n) is 4.77. The van der Waals surface area contributed by atoms with Crippen molar-refractivity contribution in [1.29, 1.82) is 0 Å². The highest BCUT2D eigenvalue weighted by atomic mass is 32.2. The molecule has 7 atom stereocenters. The molecule has 2 aliphatic rings. The number of sulfonamides is 1. The molecular formula is C32H42F3NO9S. The molecular weight excluding hydrogens is 631 g/mol. The lowest BCUT2D eigenvalue weighted by molar-refractivity contribution is -0.274. The first-order valence-corrected chi connectivity index (χ1v) is 15.4. The van der Waals surface area contributed by atoms with Crippen molar-refractivity contribution in [2.24, 2.45) is 17.7 Å². The van der Waals surface area contributed by atoms with Crippen molar-refractivity contribution in [3.05, 3.63) is 54.1 Å². The molecule has 256 valence electrons. The average Bonchev–Trinajstić information content (AvgIpc) is 3.60. The largest absolute Gasteiger partial charge is 0.573 e. The minimum atomic E-state index is -5.40. The van der Waals surface area contributed by atoms with Crippen LogP contribution in [0.5, 0.6) is 11.5 Å². The molecule has 46 heavy (non-hydrogen) atoms. The maximum Gasteiger partial charge on any atom is 0.573 e. The molecule has 14 heteroatoms. The lowest BCUT2D eigenvalue weighted by Crippen LogP contribution is -2.43. The molecule has 2 heterocycles. The van der Waals surface area contributed by atoms with Crippen LogP contribution in [-0.4, -0.2) is 80.9 Å². The highest BCUT2D eigenvalue weighted by Gasteiger charge is 2.44. The lowest BCUT2D eigenvalue weighted by Gasteiger charge is -2.30. The predicted molar refractivity (Wildman–Crippen MR) is 160 cm³/mol. The number of halogens is 3. The molecule has 2 aromatic carbocycles. The van der Waals surface area contributed by atoms with Gasteiger partial charge in [0, 0.05) is 31.3 Å². The van der Waals surface area contributed by atoms with Crippen LogP contribution >= 0.6 is 0 Å². The third-order valence-electron chi connectivity index (χ3n) is 6.83. The lowest BCUT2D eigenvalue weighted by atomic mass is 9.90. The van der Waals surface area contributed by atoms with E-state index in [9.17, 15) is 31.5 Å². The van der Waals surface area contributed by atoms with Crippen molar-refractivity contribution >= 4 is 16.0 Å². The molecule has 2 fully saturated rings. The number of benzene rings is 2. The zero-order valence-corrected chi connectivity index (χ0v) is 25.5. The third-order valence-corrected chi connectivity index (χ3v) is 8.52. The number of fused-ring (bicyclic) bond motifs is 1. The van der Waals surface area contributed by atoms with Gasteiger partial charge in [-0.25, -0.2) is 8.42 Å². The summed E-state index contributed by atoms with van der Waals surface area (Å²) in [5.41, 5.74) is 0.227. The number of hydrogen-bond acceptors (Lipinski definition) is 9. The Kier molecular flexibility index (Phi) is 7.29. The molecule has 4 rings (SSSR count). The molecule has 0 aromatic heterocycles. The Bertz CT molecular complexity index is 1920. The summed E-state index contributed by atoms with van der Waals surface area (Å²) in [6.45, 7) is -12.8. The molecule has 2 saturated heterocycles. The molecule has 2 aliphatic heterocycles. The van der Waals surface area contributed by atoms with Gasteiger partial charge in [-0.05, 0) is 74.5 Å². The summed E-state index contributed by atoms with van der Waals surface area (Å²) < 4.78 is 197. The van der Waals surface area contributed by atoms with Crippen LogP contribution in [0.3, 0.4) is 0 Å². The monoisotopic (exact) mass is 686 g/mol. The Morgan fingerprint density at radius 3 is 2.52 bits per heavy atom. The first kappa shape index (κ1) is 21.9. The van der Waals surface area contributed by atoms with E-state index in [1.807, 2.05) is 0 Å². The Morgan fingerprint density at radius 1 is 1.17 bits per heavy atom. The summed E-state index contributed by atoms with van der Waals surface area (Å²) in [7, 11) is -5.40. The number of carbonyl (C=O) groups excluding carboxylic acids is 1. The van der Waals surface area contributed by atoms with E-state index in [0.717, 1.165) is 6.92 Å². The number of esters is 1. The van der Waals surface area contributed by atoms with Gasteiger partial charge >= 0.3 is 12.3 Å². The molecule has 2 unspecified atom stereocenters. The number of nitrogens with zero attached hydrogens (tertiary/aromatic N) is 1. The van der Waals surface area contributed by atoms with Gasteiger partial charge in [-0.15, -0.1) is 13.2 Å². The van der Waals surface area contributed by atoms with E-state index in [4.69, 9.17) is 36.8 Å². The summed E-state index contributed by atoms with van der Waals surface area (Å²) in [4.78, 5) is 12.7. The Balaban J connectivity index is 1.75. The minimum Gasteiger partial charge on any atom is -0.491 e. The fraction of sp³-hybridized carbons (Fsp3) is 0.594. The van der Waals surface area contributed by atoms with Crippen LogP contribution in [0.1, 0.15) is 63.8 Å².